The van der Waals surface area contributed by atoms with Crippen LogP contribution < -0.4 is 9.44 Å². The van der Waals surface area contributed by atoms with Gasteiger partial charge in [0.05, 0.1) is 39.3 Å². The number of piperidine rings is 1. The molecule has 0 amide bonds. The molecule has 69 heavy (non-hydrogen) atoms. The molecule has 1 aliphatic rings. The monoisotopic (exact) mass is 1210 g/mol. The van der Waals surface area contributed by atoms with Gasteiger partial charge in [0.2, 0.25) is 10.0 Å². The molecule has 1 fully saturated rings. The molecule has 3 aromatic carbocycles. The van der Waals surface area contributed by atoms with Crippen molar-refractivity contribution in [2.24, 2.45) is 0 Å². The minimum atomic E-state index is -4.15. The van der Waals surface area contributed by atoms with Crippen LogP contribution in [0.25, 0.3) is 0 Å². The van der Waals surface area contributed by atoms with Crippen LogP contribution in [-0.4, -0.2) is 77.8 Å². The van der Waals surface area contributed by atoms with E-state index in [0.717, 1.165) is 51.4 Å². The average Bonchev–Trinajstić information content (AvgIpc) is 3.30. The van der Waals surface area contributed by atoms with Crippen LogP contribution in [0.4, 0.5) is 11.6 Å². The van der Waals surface area contributed by atoms with Gasteiger partial charge in [-0.25, -0.2) is 44.8 Å². The summed E-state index contributed by atoms with van der Waals surface area (Å²) in [6.07, 6.45) is 10.8. The highest BCUT2D eigenvalue weighted by Crippen LogP contribution is 2.34. The summed E-state index contributed by atoms with van der Waals surface area (Å²) in [5, 5.41) is 0.516. The first-order chi connectivity index (χ1) is 32.7. The smallest absolute Gasteiger partial charge is 0.339 e. The molecule has 0 atom stereocenters. The molecule has 0 spiro atoms. The van der Waals surface area contributed by atoms with Gasteiger partial charge < -0.3 is 9.47 Å². The van der Waals surface area contributed by atoms with Crippen molar-refractivity contribution in [3.63, 3.8) is 0 Å². The lowest BCUT2D eigenvalue weighted by Gasteiger charge is -2.25. The largest absolute Gasteiger partial charge is 0.462 e. The molecule has 0 saturated carbocycles. The van der Waals surface area contributed by atoms with Crippen LogP contribution in [0.2, 0.25) is 20.1 Å². The van der Waals surface area contributed by atoms with Crippen molar-refractivity contribution < 1.29 is 44.3 Å². The number of hydrogen-bond acceptors (Lipinski definition) is 13. The summed E-state index contributed by atoms with van der Waals surface area (Å²) in [6, 6.07) is 17.1. The van der Waals surface area contributed by atoms with E-state index in [1.807, 2.05) is 29.5 Å². The third-order valence-electron chi connectivity index (χ3n) is 9.97. The Morgan fingerprint density at radius 2 is 1.13 bits per heavy atom. The van der Waals surface area contributed by atoms with Crippen LogP contribution in [0.3, 0.4) is 0 Å². The Morgan fingerprint density at radius 1 is 0.652 bits per heavy atom. The Bertz CT molecular complexity index is 2950. The first kappa shape index (κ1) is 56.5. The van der Waals surface area contributed by atoms with E-state index in [9.17, 15) is 34.8 Å². The molecule has 0 unspecified atom stereocenters. The number of hydrogen-bond donors (Lipinski definition) is 2. The van der Waals surface area contributed by atoms with E-state index < -0.39 is 42.0 Å². The van der Waals surface area contributed by atoms with Gasteiger partial charge >= 0.3 is 11.9 Å². The van der Waals surface area contributed by atoms with E-state index in [1.165, 1.54) is 77.0 Å². The molecule has 1 aliphatic heterocycles. The van der Waals surface area contributed by atoms with Crippen LogP contribution in [-0.2, 0) is 39.5 Å². The van der Waals surface area contributed by atoms with Crippen molar-refractivity contribution in [1.82, 2.24) is 14.3 Å². The van der Waals surface area contributed by atoms with Crippen LogP contribution >= 0.6 is 80.8 Å². The van der Waals surface area contributed by atoms with Gasteiger partial charge in [-0.05, 0) is 121 Å². The Morgan fingerprint density at radius 3 is 1.62 bits per heavy atom. The molecule has 0 aliphatic carbocycles. The number of rotatable bonds is 20. The Kier molecular flexibility index (Phi) is 21.5. The number of esters is 2. The zero-order chi connectivity index (χ0) is 50.4. The predicted molar refractivity (Wildman–Crippen MR) is 279 cm³/mol. The van der Waals surface area contributed by atoms with Gasteiger partial charge in [-0.3, -0.25) is 9.44 Å². The number of halogens is 5. The maximum Gasteiger partial charge on any atom is 0.339 e. The second-order valence-electron chi connectivity index (χ2n) is 15.2. The Balaban J connectivity index is 0.000000284. The summed E-state index contributed by atoms with van der Waals surface area (Å²) < 4.78 is 94.6. The fraction of sp³-hybridized carbons (Fsp3) is 0.333. The number of nitrogens with one attached hydrogen (secondary N) is 2. The summed E-state index contributed by atoms with van der Waals surface area (Å²) in [4.78, 5) is 34.5. The lowest BCUT2D eigenvalue weighted by molar-refractivity contribution is 0.0486. The quantitative estimate of drug-likeness (QED) is 0.0423. The fourth-order valence-electron chi connectivity index (χ4n) is 6.41. The van der Waals surface area contributed by atoms with Gasteiger partial charge in [0.15, 0.2) is 0 Å². The maximum atomic E-state index is 13.1. The summed E-state index contributed by atoms with van der Waals surface area (Å²) in [6.45, 7) is 5.63. The molecule has 0 bridgehead atoms. The van der Waals surface area contributed by atoms with Crippen molar-refractivity contribution in [2.45, 2.75) is 96.1 Å². The number of nitrogens with zero attached hydrogens (tertiary/aromatic N) is 3. The zero-order valence-corrected chi connectivity index (χ0v) is 45.7. The number of ether oxygens (including phenoxy) is 2. The van der Waals surface area contributed by atoms with Crippen molar-refractivity contribution >= 4 is 134 Å². The molecular weight excluding hydrogens is 1170 g/mol. The molecule has 2 aromatic heterocycles. The van der Waals surface area contributed by atoms with E-state index in [2.05, 4.69) is 26.3 Å². The molecule has 3 heterocycles. The Hall–Kier alpha value is -3.45. The zero-order valence-electron chi connectivity index (χ0n) is 37.2. The van der Waals surface area contributed by atoms with E-state index >= 15 is 0 Å². The molecule has 6 rings (SSSR count). The van der Waals surface area contributed by atoms with Gasteiger partial charge in [0.1, 0.15) is 21.4 Å². The number of sulfonamides is 3. The first-order valence-electron chi connectivity index (χ1n) is 21.5. The number of carbonyl (C=O) groups excluding carboxylic acids is 2. The minimum Gasteiger partial charge on any atom is -0.462 e. The molecule has 1 saturated heterocycles. The van der Waals surface area contributed by atoms with Crippen molar-refractivity contribution in [3.8, 4) is 0 Å². The van der Waals surface area contributed by atoms with Crippen molar-refractivity contribution in [3.05, 3.63) is 120 Å². The van der Waals surface area contributed by atoms with E-state index in [-0.39, 0.29) is 59.1 Å². The molecule has 2 N–H and O–H groups in total. The van der Waals surface area contributed by atoms with E-state index in [0.29, 0.717) is 44.5 Å². The van der Waals surface area contributed by atoms with Crippen molar-refractivity contribution in [2.75, 3.05) is 35.7 Å². The molecule has 0 radical (unpaired) electrons. The van der Waals surface area contributed by atoms with Gasteiger partial charge in [0.25, 0.3) is 20.0 Å². The normalized spacial score (nSPS) is 13.2. The summed E-state index contributed by atoms with van der Waals surface area (Å²) in [7, 11) is -11.7. The lowest BCUT2D eigenvalue weighted by atomic mass is 10.2. The van der Waals surface area contributed by atoms with Crippen LogP contribution in [0.5, 0.6) is 0 Å². The molecule has 15 nitrogen and oxygen atoms in total. The fourth-order valence-corrected chi connectivity index (χ4v) is 12.9. The highest BCUT2D eigenvalue weighted by Gasteiger charge is 2.27. The molecular formula is C45H48Cl4IN5O10S4. The Labute approximate surface area is 441 Å². The highest BCUT2D eigenvalue weighted by molar-refractivity contribution is 14.1. The van der Waals surface area contributed by atoms with Crippen LogP contribution in [0, 0.1) is 3.57 Å². The summed E-state index contributed by atoms with van der Waals surface area (Å²) in [5.41, 5.74) is 0.346. The number of pyridine rings is 2. The van der Waals surface area contributed by atoms with Gasteiger partial charge in [-0.1, -0.05) is 104 Å². The van der Waals surface area contributed by atoms with Gasteiger partial charge in [-0.2, -0.15) is 4.31 Å². The van der Waals surface area contributed by atoms with Gasteiger partial charge in [0, 0.05) is 48.9 Å². The standard InChI is InChI=1S/C28H31Cl2N3O6S3.C17H17Cl2IN2O4S/c1-2-3-7-16-39-28(34)23-18-27(32-41(35,36)26-13-8-20(29)17-24(26)30)31-19-25(23)40-21-9-11-22(12-10-21)42(37,38)33-14-5-4-6-15-33;1-2-3-4-7-26-17(23)12-9-16(21-10-14(12)20)22-27(24,25)15-6-5-11(18)8-13(15)19/h8-13,17-19H,2-7,14-16H2,1H3,(H,31,32);5-6,8-10H,2-4,7H2,1H3,(H,21,22). The number of unbranched alkanes of at least 4 members (excludes halogenated alkanes) is 4. The van der Waals surface area contributed by atoms with Crippen molar-refractivity contribution in [1.29, 1.82) is 0 Å². The predicted octanol–water partition coefficient (Wildman–Crippen LogP) is 12.0. The summed E-state index contributed by atoms with van der Waals surface area (Å²) >= 11 is 26.9. The topological polar surface area (TPSA) is 208 Å². The molecule has 24 heteroatoms. The number of benzene rings is 3. The third kappa shape index (κ3) is 16.3. The highest BCUT2D eigenvalue weighted by atomic mass is 127. The maximum absolute atomic E-state index is 13.1. The SMILES string of the molecule is CCCCCOC(=O)c1cc(NS(=O)(=O)c2ccc(Cl)cc2Cl)ncc1I.CCCCCOC(=O)c1cc(NS(=O)(=O)c2ccc(Cl)cc2Cl)ncc1Sc1ccc(S(=O)(=O)N2CCCCC2)cc1. The second-order valence-corrected chi connectivity index (χ2v) is 24.4. The second kappa shape index (κ2) is 26.3. The number of anilines is 2. The summed E-state index contributed by atoms with van der Waals surface area (Å²) in [5.74, 6) is -1.27. The number of aromatic nitrogens is 2. The number of carbonyl (C=O) groups is 2. The van der Waals surface area contributed by atoms with E-state index in [1.54, 1.807) is 24.3 Å². The van der Waals surface area contributed by atoms with E-state index in [4.69, 9.17) is 55.9 Å². The van der Waals surface area contributed by atoms with Gasteiger partial charge in [-0.15, -0.1) is 0 Å². The van der Waals surface area contributed by atoms with Crippen LogP contribution in [0.15, 0.2) is 110 Å². The third-order valence-corrected chi connectivity index (χ3v) is 17.9. The first-order valence-corrected chi connectivity index (χ1v) is 29.3. The molecule has 372 valence electrons. The molecule has 5 aromatic rings. The van der Waals surface area contributed by atoms with Crippen LogP contribution in [0.1, 0.15) is 92.4 Å². The minimum absolute atomic E-state index is 0.0121. The lowest BCUT2D eigenvalue weighted by Crippen LogP contribution is -2.35. The average molecular weight is 1220 g/mol.